The topological polar surface area (TPSA) is 77.1 Å². The maximum atomic E-state index is 12.1. The third-order valence-corrected chi connectivity index (χ3v) is 4.78. The molecule has 0 bridgehead atoms. The SMILES string of the molecule is Cc1cccc(OCC(=O)Nc2ccc(OCC(=O)N3CCOCC3)cc2)c1C. The van der Waals surface area contributed by atoms with Gasteiger partial charge >= 0.3 is 0 Å². The van der Waals surface area contributed by atoms with Gasteiger partial charge in [-0.1, -0.05) is 12.1 Å². The summed E-state index contributed by atoms with van der Waals surface area (Å²) in [4.78, 5) is 26.0. The molecule has 0 unspecified atom stereocenters. The summed E-state index contributed by atoms with van der Waals surface area (Å²) in [5, 5.41) is 2.78. The monoisotopic (exact) mass is 398 g/mol. The molecule has 2 aromatic rings. The van der Waals surface area contributed by atoms with E-state index in [1.807, 2.05) is 32.0 Å². The Labute approximate surface area is 170 Å². The lowest BCUT2D eigenvalue weighted by molar-refractivity contribution is -0.137. The molecule has 0 radical (unpaired) electrons. The fraction of sp³-hybridized carbons (Fsp3) is 0.364. The normalized spacial score (nSPS) is 13.7. The first-order valence-electron chi connectivity index (χ1n) is 9.60. The van der Waals surface area contributed by atoms with Gasteiger partial charge in [-0.2, -0.15) is 0 Å². The van der Waals surface area contributed by atoms with Crippen LogP contribution in [0.2, 0.25) is 0 Å². The van der Waals surface area contributed by atoms with Gasteiger partial charge < -0.3 is 24.4 Å². The second-order valence-electron chi connectivity index (χ2n) is 6.84. The van der Waals surface area contributed by atoms with Gasteiger partial charge in [0.15, 0.2) is 13.2 Å². The van der Waals surface area contributed by atoms with Crippen molar-refractivity contribution in [3.8, 4) is 11.5 Å². The molecule has 1 fully saturated rings. The Bertz CT molecular complexity index is 845. The van der Waals surface area contributed by atoms with Crippen molar-refractivity contribution in [2.24, 2.45) is 0 Å². The number of carbonyl (C=O) groups excluding carboxylic acids is 2. The number of benzene rings is 2. The summed E-state index contributed by atoms with van der Waals surface area (Å²) in [6, 6.07) is 12.6. The van der Waals surface area contributed by atoms with E-state index in [-0.39, 0.29) is 25.0 Å². The molecule has 1 saturated heterocycles. The number of aryl methyl sites for hydroxylation is 1. The predicted molar refractivity (Wildman–Crippen MR) is 109 cm³/mol. The van der Waals surface area contributed by atoms with Gasteiger partial charge in [-0.3, -0.25) is 9.59 Å². The molecule has 0 aliphatic carbocycles. The van der Waals surface area contributed by atoms with E-state index >= 15 is 0 Å². The first-order chi connectivity index (χ1) is 14.0. The minimum absolute atomic E-state index is 0.0185. The van der Waals surface area contributed by atoms with E-state index in [4.69, 9.17) is 14.2 Å². The lowest BCUT2D eigenvalue weighted by Crippen LogP contribution is -2.42. The highest BCUT2D eigenvalue weighted by molar-refractivity contribution is 5.91. The van der Waals surface area contributed by atoms with Gasteiger partial charge in [-0.15, -0.1) is 0 Å². The van der Waals surface area contributed by atoms with E-state index in [9.17, 15) is 9.59 Å². The van der Waals surface area contributed by atoms with Gasteiger partial charge in [0.05, 0.1) is 13.2 Å². The maximum absolute atomic E-state index is 12.1. The third kappa shape index (κ3) is 5.96. The van der Waals surface area contributed by atoms with E-state index in [1.165, 1.54) is 0 Å². The molecule has 0 saturated carbocycles. The second kappa shape index (κ2) is 9.93. The number of rotatable bonds is 7. The fourth-order valence-corrected chi connectivity index (χ4v) is 2.90. The number of nitrogens with zero attached hydrogens (tertiary/aromatic N) is 1. The molecular weight excluding hydrogens is 372 g/mol. The van der Waals surface area contributed by atoms with Crippen LogP contribution in [0.5, 0.6) is 11.5 Å². The Morgan fingerprint density at radius 1 is 1.00 bits per heavy atom. The number of hydrogen-bond donors (Lipinski definition) is 1. The summed E-state index contributed by atoms with van der Waals surface area (Å²) in [5.74, 6) is 0.960. The van der Waals surface area contributed by atoms with Crippen LogP contribution >= 0.6 is 0 Å². The number of anilines is 1. The summed E-state index contributed by atoms with van der Waals surface area (Å²) in [6.07, 6.45) is 0. The molecule has 1 heterocycles. The molecule has 0 atom stereocenters. The van der Waals surface area contributed by atoms with Crippen LogP contribution in [-0.4, -0.2) is 56.2 Å². The zero-order valence-electron chi connectivity index (χ0n) is 16.8. The lowest BCUT2D eigenvalue weighted by atomic mass is 10.1. The molecule has 0 spiro atoms. The average molecular weight is 398 g/mol. The van der Waals surface area contributed by atoms with Crippen molar-refractivity contribution in [1.82, 2.24) is 4.90 Å². The maximum Gasteiger partial charge on any atom is 0.262 e. The van der Waals surface area contributed by atoms with Crippen molar-refractivity contribution in [1.29, 1.82) is 0 Å². The number of ether oxygens (including phenoxy) is 3. The summed E-state index contributed by atoms with van der Waals surface area (Å²) < 4.78 is 16.4. The van der Waals surface area contributed by atoms with Crippen LogP contribution in [0.3, 0.4) is 0 Å². The minimum Gasteiger partial charge on any atom is -0.484 e. The Morgan fingerprint density at radius 2 is 1.72 bits per heavy atom. The average Bonchev–Trinajstić information content (AvgIpc) is 2.74. The van der Waals surface area contributed by atoms with Crippen LogP contribution in [0.25, 0.3) is 0 Å². The number of nitrogens with one attached hydrogen (secondary N) is 1. The number of carbonyl (C=O) groups is 2. The Kier molecular flexibility index (Phi) is 7.08. The van der Waals surface area contributed by atoms with Gasteiger partial charge in [0, 0.05) is 18.8 Å². The van der Waals surface area contributed by atoms with Crippen molar-refractivity contribution in [3.05, 3.63) is 53.6 Å². The largest absolute Gasteiger partial charge is 0.484 e. The van der Waals surface area contributed by atoms with Gasteiger partial charge in [0.2, 0.25) is 0 Å². The molecular formula is C22H26N2O5. The van der Waals surface area contributed by atoms with E-state index in [0.717, 1.165) is 11.1 Å². The van der Waals surface area contributed by atoms with Gasteiger partial charge in [0.1, 0.15) is 11.5 Å². The highest BCUT2D eigenvalue weighted by Crippen LogP contribution is 2.21. The number of hydrogen-bond acceptors (Lipinski definition) is 5. The van der Waals surface area contributed by atoms with Crippen LogP contribution < -0.4 is 14.8 Å². The third-order valence-electron chi connectivity index (χ3n) is 4.78. The predicted octanol–water partition coefficient (Wildman–Crippen LogP) is 2.56. The van der Waals surface area contributed by atoms with E-state index < -0.39 is 0 Å². The molecule has 7 heteroatoms. The van der Waals surface area contributed by atoms with Crippen LogP contribution in [-0.2, 0) is 14.3 Å². The minimum atomic E-state index is -0.248. The Morgan fingerprint density at radius 3 is 2.45 bits per heavy atom. The zero-order chi connectivity index (χ0) is 20.6. The van der Waals surface area contributed by atoms with Crippen molar-refractivity contribution in [2.45, 2.75) is 13.8 Å². The molecule has 0 aromatic heterocycles. The standard InChI is InChI=1S/C22H26N2O5/c1-16-4-3-5-20(17(16)2)29-14-21(25)23-18-6-8-19(9-7-18)28-15-22(26)24-10-12-27-13-11-24/h3-9H,10-15H2,1-2H3,(H,23,25). The summed E-state index contributed by atoms with van der Waals surface area (Å²) in [5.41, 5.74) is 2.77. The first-order valence-corrected chi connectivity index (χ1v) is 9.60. The molecule has 2 aromatic carbocycles. The van der Waals surface area contributed by atoms with Crippen LogP contribution in [0.15, 0.2) is 42.5 Å². The van der Waals surface area contributed by atoms with E-state index in [1.54, 1.807) is 29.2 Å². The molecule has 29 heavy (non-hydrogen) atoms. The van der Waals surface area contributed by atoms with Crippen molar-refractivity contribution in [3.63, 3.8) is 0 Å². The van der Waals surface area contributed by atoms with Crippen molar-refractivity contribution in [2.75, 3.05) is 44.8 Å². The molecule has 7 nitrogen and oxygen atoms in total. The Hall–Kier alpha value is -3.06. The zero-order valence-corrected chi connectivity index (χ0v) is 16.8. The van der Waals surface area contributed by atoms with E-state index in [0.29, 0.717) is 43.5 Å². The summed E-state index contributed by atoms with van der Waals surface area (Å²) in [7, 11) is 0. The molecule has 154 valence electrons. The molecule has 1 N–H and O–H groups in total. The van der Waals surface area contributed by atoms with Gasteiger partial charge in [-0.05, 0) is 55.3 Å². The smallest absolute Gasteiger partial charge is 0.262 e. The fourth-order valence-electron chi connectivity index (χ4n) is 2.90. The quantitative estimate of drug-likeness (QED) is 0.776. The molecule has 2 amide bonds. The molecule has 3 rings (SSSR count). The summed E-state index contributed by atoms with van der Waals surface area (Å²) in [6.45, 7) is 6.19. The Balaban J connectivity index is 1.44. The van der Waals surface area contributed by atoms with Crippen molar-refractivity contribution >= 4 is 17.5 Å². The van der Waals surface area contributed by atoms with Gasteiger partial charge in [-0.25, -0.2) is 0 Å². The van der Waals surface area contributed by atoms with Crippen LogP contribution in [0.1, 0.15) is 11.1 Å². The molecule has 1 aliphatic heterocycles. The second-order valence-corrected chi connectivity index (χ2v) is 6.84. The number of amides is 2. The lowest BCUT2D eigenvalue weighted by Gasteiger charge is -2.26. The number of morpholine rings is 1. The van der Waals surface area contributed by atoms with Crippen LogP contribution in [0, 0.1) is 13.8 Å². The summed E-state index contributed by atoms with van der Waals surface area (Å²) >= 11 is 0. The molecule has 1 aliphatic rings. The highest BCUT2D eigenvalue weighted by atomic mass is 16.5. The first kappa shape index (κ1) is 20.7. The van der Waals surface area contributed by atoms with Crippen molar-refractivity contribution < 1.29 is 23.8 Å². The van der Waals surface area contributed by atoms with Crippen LogP contribution in [0.4, 0.5) is 5.69 Å². The highest BCUT2D eigenvalue weighted by Gasteiger charge is 2.17. The van der Waals surface area contributed by atoms with Gasteiger partial charge in [0.25, 0.3) is 11.8 Å². The van der Waals surface area contributed by atoms with E-state index in [2.05, 4.69) is 5.32 Å².